The normalized spacial score (nSPS) is 27.1. The van der Waals surface area contributed by atoms with Gasteiger partial charge in [-0.15, -0.1) is 0 Å². The molecule has 0 aliphatic carbocycles. The first kappa shape index (κ1) is 28.0. The van der Waals surface area contributed by atoms with Gasteiger partial charge in [-0.2, -0.15) is 16.8 Å². The SMILES string of the molecule is CC(C)(C)[Si](C)(C)OC[C@H](OS(C)(=O)=O)[C@]1(C)CC[C@H]([C@@](C)(O)COS(C)(=O)=O)O1. The van der Waals surface area contributed by atoms with E-state index in [1.165, 1.54) is 6.92 Å². The Kier molecular flexibility index (Phi) is 8.43. The van der Waals surface area contributed by atoms with Crippen LogP contribution in [0.15, 0.2) is 0 Å². The summed E-state index contributed by atoms with van der Waals surface area (Å²) >= 11 is 0. The molecule has 0 aromatic heterocycles. The van der Waals surface area contributed by atoms with Crippen LogP contribution in [0.25, 0.3) is 0 Å². The summed E-state index contributed by atoms with van der Waals surface area (Å²) in [6, 6.07) is 0. The van der Waals surface area contributed by atoms with E-state index in [2.05, 4.69) is 33.9 Å². The van der Waals surface area contributed by atoms with Gasteiger partial charge in [0.1, 0.15) is 11.7 Å². The predicted molar refractivity (Wildman–Crippen MR) is 117 cm³/mol. The number of hydrogen-bond donors (Lipinski definition) is 1. The summed E-state index contributed by atoms with van der Waals surface area (Å²) < 4.78 is 68.7. The molecule has 0 bridgehead atoms. The zero-order chi connectivity index (χ0) is 23.8. The maximum atomic E-state index is 11.9. The van der Waals surface area contributed by atoms with E-state index in [9.17, 15) is 21.9 Å². The van der Waals surface area contributed by atoms with Crippen molar-refractivity contribution >= 4 is 28.6 Å². The van der Waals surface area contributed by atoms with E-state index in [1.807, 2.05) is 0 Å². The molecule has 9 nitrogen and oxygen atoms in total. The van der Waals surface area contributed by atoms with Crippen LogP contribution in [0, 0.1) is 0 Å². The van der Waals surface area contributed by atoms with Gasteiger partial charge < -0.3 is 14.3 Å². The third kappa shape index (κ3) is 8.12. The molecule has 30 heavy (non-hydrogen) atoms. The largest absolute Gasteiger partial charge is 0.414 e. The summed E-state index contributed by atoms with van der Waals surface area (Å²) in [7, 11) is -9.71. The van der Waals surface area contributed by atoms with Gasteiger partial charge in [-0.1, -0.05) is 20.8 Å². The van der Waals surface area contributed by atoms with Crippen LogP contribution in [0.2, 0.25) is 18.1 Å². The Hall–Kier alpha value is -0.0831. The molecule has 0 aromatic carbocycles. The highest BCUT2D eigenvalue weighted by molar-refractivity contribution is 7.86. The molecule has 0 saturated carbocycles. The van der Waals surface area contributed by atoms with Crippen LogP contribution in [-0.2, 0) is 37.8 Å². The van der Waals surface area contributed by atoms with Gasteiger partial charge in [0.2, 0.25) is 0 Å². The Bertz CT molecular complexity index is 800. The standard InChI is InChI=1S/C18H38O9S2Si/c1-16(2,3)30(8,9)25-12-15(27-29(7,22)23)18(5)11-10-14(26-18)17(4,19)13-24-28(6,20)21/h14-15,19H,10-13H2,1-9H3/t14-,15+,17+,18+/m1/s1. The van der Waals surface area contributed by atoms with Gasteiger partial charge in [-0.05, 0) is 44.8 Å². The molecule has 0 radical (unpaired) electrons. The van der Waals surface area contributed by atoms with Crippen LogP contribution < -0.4 is 0 Å². The maximum absolute atomic E-state index is 11.9. The van der Waals surface area contributed by atoms with Crippen molar-refractivity contribution in [3.8, 4) is 0 Å². The predicted octanol–water partition coefficient (Wildman–Crippen LogP) is 2.02. The van der Waals surface area contributed by atoms with E-state index in [1.54, 1.807) is 6.92 Å². The van der Waals surface area contributed by atoms with Crippen LogP contribution in [0.4, 0.5) is 0 Å². The average molecular weight is 491 g/mol. The van der Waals surface area contributed by atoms with Crippen LogP contribution in [-0.4, -0.2) is 79.4 Å². The average Bonchev–Trinajstić information content (AvgIpc) is 2.91. The fourth-order valence-corrected chi connectivity index (χ4v) is 5.01. The van der Waals surface area contributed by atoms with Crippen molar-refractivity contribution in [2.45, 2.75) is 89.0 Å². The minimum atomic E-state index is -3.80. The summed E-state index contributed by atoms with van der Waals surface area (Å²) in [6.45, 7) is 13.0. The van der Waals surface area contributed by atoms with Crippen LogP contribution >= 0.6 is 0 Å². The molecule has 0 amide bonds. The second-order valence-corrected chi connectivity index (χ2v) is 18.2. The summed E-state index contributed by atoms with van der Waals surface area (Å²) in [6.07, 6.45) is 0.962. The summed E-state index contributed by atoms with van der Waals surface area (Å²) in [5.74, 6) is 0. The van der Waals surface area contributed by atoms with Crippen molar-refractivity contribution in [1.82, 2.24) is 0 Å². The lowest BCUT2D eigenvalue weighted by Crippen LogP contribution is -2.51. The molecule has 0 spiro atoms. The first-order chi connectivity index (χ1) is 13.1. The van der Waals surface area contributed by atoms with Crippen LogP contribution in [0.5, 0.6) is 0 Å². The van der Waals surface area contributed by atoms with Gasteiger partial charge in [0, 0.05) is 0 Å². The monoisotopic (exact) mass is 490 g/mol. The number of rotatable bonds is 10. The van der Waals surface area contributed by atoms with Crippen molar-refractivity contribution in [3.63, 3.8) is 0 Å². The van der Waals surface area contributed by atoms with E-state index in [0.29, 0.717) is 12.8 Å². The van der Waals surface area contributed by atoms with Gasteiger partial charge in [0.25, 0.3) is 20.2 Å². The first-order valence-electron chi connectivity index (χ1n) is 9.85. The lowest BCUT2D eigenvalue weighted by atomic mass is 9.93. The van der Waals surface area contributed by atoms with Crippen molar-refractivity contribution in [3.05, 3.63) is 0 Å². The van der Waals surface area contributed by atoms with Crippen LogP contribution in [0.1, 0.15) is 47.5 Å². The molecule has 1 aliphatic rings. The van der Waals surface area contributed by atoms with Gasteiger partial charge in [-0.3, -0.25) is 8.37 Å². The summed E-state index contributed by atoms with van der Waals surface area (Å²) in [5.41, 5.74) is -2.64. The van der Waals surface area contributed by atoms with Crippen molar-refractivity contribution in [1.29, 1.82) is 0 Å². The minimum absolute atomic E-state index is 0.0226. The molecule has 1 rings (SSSR count). The molecule has 0 unspecified atom stereocenters. The maximum Gasteiger partial charge on any atom is 0.264 e. The lowest BCUT2D eigenvalue weighted by Gasteiger charge is -2.40. The highest BCUT2D eigenvalue weighted by Gasteiger charge is 2.51. The molecule has 12 heteroatoms. The van der Waals surface area contributed by atoms with Crippen LogP contribution in [0.3, 0.4) is 0 Å². The molecule has 1 N–H and O–H groups in total. The third-order valence-corrected chi connectivity index (χ3v) is 11.6. The zero-order valence-electron chi connectivity index (χ0n) is 19.5. The smallest absolute Gasteiger partial charge is 0.264 e. The molecule has 1 aliphatic heterocycles. The fraction of sp³-hybridized carbons (Fsp3) is 1.00. The zero-order valence-corrected chi connectivity index (χ0v) is 22.1. The molecule has 4 atom stereocenters. The molecule has 180 valence electrons. The minimum Gasteiger partial charge on any atom is -0.414 e. The Morgan fingerprint density at radius 3 is 2.10 bits per heavy atom. The fourth-order valence-electron chi connectivity index (χ4n) is 2.87. The van der Waals surface area contributed by atoms with E-state index < -0.39 is 58.6 Å². The highest BCUT2D eigenvalue weighted by Crippen LogP contribution is 2.41. The van der Waals surface area contributed by atoms with Crippen molar-refractivity contribution in [2.75, 3.05) is 25.7 Å². The van der Waals surface area contributed by atoms with E-state index in [0.717, 1.165) is 12.5 Å². The Morgan fingerprint density at radius 1 is 1.13 bits per heavy atom. The van der Waals surface area contributed by atoms with Gasteiger partial charge in [-0.25, -0.2) is 0 Å². The molecular weight excluding hydrogens is 452 g/mol. The van der Waals surface area contributed by atoms with Gasteiger partial charge >= 0.3 is 0 Å². The Balaban J connectivity index is 3.02. The summed E-state index contributed by atoms with van der Waals surface area (Å²) in [4.78, 5) is 0. The van der Waals surface area contributed by atoms with Gasteiger partial charge in [0.05, 0.1) is 37.4 Å². The molecular formula is C18H38O9S2Si. The third-order valence-electron chi connectivity index (χ3n) is 5.95. The number of ether oxygens (including phenoxy) is 1. The topological polar surface area (TPSA) is 125 Å². The summed E-state index contributed by atoms with van der Waals surface area (Å²) in [5, 5.41) is 10.6. The second-order valence-electron chi connectivity index (χ2n) is 10.1. The number of hydrogen-bond acceptors (Lipinski definition) is 9. The number of aliphatic hydroxyl groups is 1. The second kappa shape index (κ2) is 9.04. The molecule has 1 fully saturated rings. The molecule has 1 heterocycles. The van der Waals surface area contributed by atoms with E-state index >= 15 is 0 Å². The van der Waals surface area contributed by atoms with E-state index in [-0.39, 0.29) is 11.6 Å². The lowest BCUT2D eigenvalue weighted by molar-refractivity contribution is -0.164. The van der Waals surface area contributed by atoms with Crippen molar-refractivity contribution < 1.29 is 39.5 Å². The Labute approximate surface area is 182 Å². The van der Waals surface area contributed by atoms with Gasteiger partial charge in [0.15, 0.2) is 8.32 Å². The Morgan fingerprint density at radius 2 is 1.67 bits per heavy atom. The van der Waals surface area contributed by atoms with E-state index in [4.69, 9.17) is 17.5 Å². The highest BCUT2D eigenvalue weighted by atomic mass is 32.2. The molecule has 0 aromatic rings. The quantitative estimate of drug-likeness (QED) is 0.361. The molecule has 1 saturated heterocycles. The van der Waals surface area contributed by atoms with Crippen molar-refractivity contribution in [2.24, 2.45) is 0 Å². The first-order valence-corrected chi connectivity index (χ1v) is 16.4.